The smallest absolute Gasteiger partial charge is 0.267 e. The summed E-state index contributed by atoms with van der Waals surface area (Å²) in [7, 11) is -4.05. The molecule has 3 heterocycles. The van der Waals surface area contributed by atoms with Gasteiger partial charge >= 0.3 is 0 Å². The van der Waals surface area contributed by atoms with Gasteiger partial charge in [0.25, 0.3) is 5.56 Å². The molecule has 4 aromatic rings. The first-order valence-electron chi connectivity index (χ1n) is 10.4. The minimum Gasteiger partial charge on any atom is -0.307 e. The Morgan fingerprint density at radius 2 is 1.78 bits per heavy atom. The molecule has 1 N–H and O–H groups in total. The third-order valence-electron chi connectivity index (χ3n) is 6.07. The van der Waals surface area contributed by atoms with E-state index in [4.69, 9.17) is 17.0 Å². The van der Waals surface area contributed by atoms with Crippen LogP contribution in [-0.2, 0) is 9.84 Å². The number of rotatable bonds is 3. The molecule has 0 spiro atoms. The van der Waals surface area contributed by atoms with Crippen molar-refractivity contribution in [3.63, 3.8) is 0 Å². The first kappa shape index (κ1) is 20.9. The maximum atomic E-state index is 13.5. The van der Waals surface area contributed by atoms with E-state index in [-0.39, 0.29) is 32.3 Å². The highest BCUT2D eigenvalue weighted by Gasteiger charge is 2.27. The van der Waals surface area contributed by atoms with Crippen LogP contribution in [0.2, 0.25) is 5.02 Å². The van der Waals surface area contributed by atoms with Crippen LogP contribution in [0.1, 0.15) is 37.3 Å². The number of nitrogens with zero attached hydrogens (tertiary/aromatic N) is 3. The van der Waals surface area contributed by atoms with E-state index in [1.807, 2.05) is 13.0 Å². The molecule has 1 aliphatic carbocycles. The highest BCUT2D eigenvalue weighted by atomic mass is 35.5. The Balaban J connectivity index is 1.90. The predicted molar refractivity (Wildman–Crippen MR) is 122 cm³/mol. The molecule has 164 valence electrons. The van der Waals surface area contributed by atoms with Crippen LogP contribution >= 0.6 is 11.6 Å². The van der Waals surface area contributed by atoms with Gasteiger partial charge in [0.05, 0.1) is 10.3 Å². The molecule has 1 aliphatic rings. The Morgan fingerprint density at radius 1 is 1.09 bits per heavy atom. The molecule has 1 saturated carbocycles. The molecule has 5 rings (SSSR count). The molecule has 3 aromatic heterocycles. The van der Waals surface area contributed by atoms with E-state index in [9.17, 15) is 13.2 Å². The second-order valence-electron chi connectivity index (χ2n) is 8.21. The lowest BCUT2D eigenvalue weighted by Gasteiger charge is -2.20. The van der Waals surface area contributed by atoms with E-state index in [1.165, 1.54) is 34.7 Å². The van der Waals surface area contributed by atoms with Crippen molar-refractivity contribution >= 4 is 38.1 Å². The number of hydrogen-bond donors (Lipinski definition) is 1. The second kappa shape index (κ2) is 7.56. The van der Waals surface area contributed by atoms with Crippen LogP contribution in [0.15, 0.2) is 63.2 Å². The quantitative estimate of drug-likeness (QED) is 0.459. The summed E-state index contributed by atoms with van der Waals surface area (Å²) in [6, 6.07) is 10.7. The zero-order chi connectivity index (χ0) is 22.6. The minimum absolute atomic E-state index is 0.0254. The molecule has 0 unspecified atom stereocenters. The average molecular weight is 469 g/mol. The molecule has 7 nitrogen and oxygen atoms in total. The maximum Gasteiger partial charge on any atom is 0.267 e. The first-order valence-corrected chi connectivity index (χ1v) is 12.3. The van der Waals surface area contributed by atoms with E-state index < -0.39 is 9.84 Å². The van der Waals surface area contributed by atoms with Crippen molar-refractivity contribution < 1.29 is 8.42 Å². The second-order valence-corrected chi connectivity index (χ2v) is 10.6. The van der Waals surface area contributed by atoms with Gasteiger partial charge in [0.2, 0.25) is 9.84 Å². The molecule has 9 heteroatoms. The number of aromatic nitrogens is 3. The summed E-state index contributed by atoms with van der Waals surface area (Å²) >= 11 is 5.93. The molecule has 1 aromatic carbocycles. The molecule has 32 heavy (non-hydrogen) atoms. The monoisotopic (exact) mass is 468 g/mol. The zero-order valence-corrected chi connectivity index (χ0v) is 18.9. The maximum absolute atomic E-state index is 13.5. The Kier molecular flexibility index (Phi) is 4.94. The van der Waals surface area contributed by atoms with Gasteiger partial charge in [-0.25, -0.2) is 13.4 Å². The lowest BCUT2D eigenvalue weighted by atomic mass is 10.2. The molecule has 0 amide bonds. The van der Waals surface area contributed by atoms with E-state index >= 15 is 0 Å². The fraction of sp³-hybridized carbons (Fsp3) is 0.261. The normalized spacial score (nSPS) is 15.1. The summed E-state index contributed by atoms with van der Waals surface area (Å²) in [6.07, 6.45) is 5.28. The standard InChI is InChI=1S/C23H21ClN4O3S/c1-14-6-11-20-26-22-18(23(29)27(20)13-14)12-19(21(25)28(22)16-4-2-3-5-16)32(30,31)17-9-7-15(24)8-10-17/h6-13,16,25H,2-5H2,1H3. The fourth-order valence-corrected chi connectivity index (χ4v) is 5.94. The van der Waals surface area contributed by atoms with Crippen LogP contribution in [0.3, 0.4) is 0 Å². The molecule has 0 bridgehead atoms. The lowest BCUT2D eigenvalue weighted by molar-refractivity contribution is 0.497. The molecule has 0 radical (unpaired) electrons. The van der Waals surface area contributed by atoms with Crippen molar-refractivity contribution in [2.75, 3.05) is 0 Å². The van der Waals surface area contributed by atoms with Gasteiger partial charge in [-0.2, -0.15) is 0 Å². The van der Waals surface area contributed by atoms with Gasteiger partial charge in [0.15, 0.2) is 0 Å². The Bertz CT molecular complexity index is 1600. The molecule has 0 aliphatic heterocycles. The Labute approximate surface area is 189 Å². The summed E-state index contributed by atoms with van der Waals surface area (Å²) < 4.78 is 30.1. The van der Waals surface area contributed by atoms with E-state index in [2.05, 4.69) is 4.98 Å². The van der Waals surface area contributed by atoms with Crippen molar-refractivity contribution in [2.24, 2.45) is 0 Å². The van der Waals surface area contributed by atoms with Crippen LogP contribution in [0.5, 0.6) is 0 Å². The van der Waals surface area contributed by atoms with Crippen molar-refractivity contribution in [1.82, 2.24) is 14.0 Å². The fourth-order valence-electron chi connectivity index (χ4n) is 4.44. The van der Waals surface area contributed by atoms with Crippen LogP contribution in [0.25, 0.3) is 16.7 Å². The lowest BCUT2D eigenvalue weighted by Crippen LogP contribution is -2.31. The van der Waals surface area contributed by atoms with Gasteiger partial charge < -0.3 is 4.57 Å². The van der Waals surface area contributed by atoms with Crippen molar-refractivity contribution in [1.29, 1.82) is 5.41 Å². The van der Waals surface area contributed by atoms with Crippen LogP contribution in [0, 0.1) is 12.3 Å². The summed E-state index contributed by atoms with van der Waals surface area (Å²) in [6.45, 7) is 1.87. The zero-order valence-electron chi connectivity index (χ0n) is 17.4. The molecule has 1 fully saturated rings. The van der Waals surface area contributed by atoms with E-state index in [0.29, 0.717) is 16.3 Å². The van der Waals surface area contributed by atoms with Gasteiger partial charge in [0.1, 0.15) is 21.7 Å². The van der Waals surface area contributed by atoms with Gasteiger partial charge in [-0.05, 0) is 61.7 Å². The minimum atomic E-state index is -4.05. The summed E-state index contributed by atoms with van der Waals surface area (Å²) in [4.78, 5) is 17.9. The number of sulfone groups is 1. The third kappa shape index (κ3) is 3.25. The Hall–Kier alpha value is -2.97. The molecular weight excluding hydrogens is 448 g/mol. The number of nitrogens with one attached hydrogen (secondary N) is 1. The third-order valence-corrected chi connectivity index (χ3v) is 8.10. The molecule has 0 saturated heterocycles. The summed E-state index contributed by atoms with van der Waals surface area (Å²) in [5.41, 5.74) is 1.20. The van der Waals surface area contributed by atoms with Crippen molar-refractivity contribution in [3.05, 3.63) is 75.1 Å². The largest absolute Gasteiger partial charge is 0.307 e. The van der Waals surface area contributed by atoms with Crippen LogP contribution in [-0.4, -0.2) is 22.4 Å². The van der Waals surface area contributed by atoms with Crippen LogP contribution in [0.4, 0.5) is 0 Å². The number of fused-ring (bicyclic) bond motifs is 2. The first-order chi connectivity index (χ1) is 15.3. The average Bonchev–Trinajstić information content (AvgIpc) is 3.29. The van der Waals surface area contributed by atoms with Crippen molar-refractivity contribution in [3.8, 4) is 0 Å². The summed E-state index contributed by atoms with van der Waals surface area (Å²) in [5, 5.41) is 9.46. The van der Waals surface area contributed by atoms with Gasteiger partial charge in [0, 0.05) is 17.3 Å². The van der Waals surface area contributed by atoms with Crippen LogP contribution < -0.4 is 11.0 Å². The highest BCUT2D eigenvalue weighted by Crippen LogP contribution is 2.31. The number of pyridine rings is 2. The van der Waals surface area contributed by atoms with Gasteiger partial charge in [-0.1, -0.05) is 30.5 Å². The molecule has 0 atom stereocenters. The highest BCUT2D eigenvalue weighted by molar-refractivity contribution is 7.91. The van der Waals surface area contributed by atoms with Gasteiger partial charge in [-0.15, -0.1) is 0 Å². The number of halogens is 1. The van der Waals surface area contributed by atoms with Gasteiger partial charge in [-0.3, -0.25) is 14.6 Å². The SMILES string of the molecule is Cc1ccc2nc3c(cc(S(=O)(=O)c4ccc(Cl)cc4)c(=N)n3C3CCCC3)c(=O)n2c1. The van der Waals surface area contributed by atoms with E-state index in [0.717, 1.165) is 31.2 Å². The Morgan fingerprint density at radius 3 is 2.47 bits per heavy atom. The van der Waals surface area contributed by atoms with Crippen molar-refractivity contribution in [2.45, 2.75) is 48.4 Å². The number of hydrogen-bond acceptors (Lipinski definition) is 5. The number of benzene rings is 1. The summed E-state index contributed by atoms with van der Waals surface area (Å²) in [5.74, 6) is 0. The van der Waals surface area contributed by atoms with E-state index in [1.54, 1.807) is 16.8 Å². The number of aryl methyl sites for hydroxylation is 1. The molecular formula is C23H21ClN4O3S. The predicted octanol–water partition coefficient (Wildman–Crippen LogP) is 4.04. The topological polar surface area (TPSA) is 97.3 Å².